The minimum absolute atomic E-state index is 0.0480. The molecule has 0 amide bonds. The van der Waals surface area contributed by atoms with Gasteiger partial charge in [-0.15, -0.1) is 0 Å². The van der Waals surface area contributed by atoms with Crippen LogP contribution in [0.4, 0.5) is 4.39 Å². The topological polar surface area (TPSA) is 62.6 Å². The van der Waals surface area contributed by atoms with Gasteiger partial charge in [-0.2, -0.15) is 5.26 Å². The molecule has 1 aliphatic rings. The molecule has 2 rings (SSSR count). The smallest absolute Gasteiger partial charge is 0.308 e. The maximum atomic E-state index is 13.3. The molecule has 21 heavy (non-hydrogen) atoms. The number of nitriles is 1. The van der Waals surface area contributed by atoms with Gasteiger partial charge in [0.2, 0.25) is 0 Å². The van der Waals surface area contributed by atoms with Gasteiger partial charge >= 0.3 is 5.97 Å². The molecule has 0 bridgehead atoms. The zero-order chi connectivity index (χ0) is 15.2. The van der Waals surface area contributed by atoms with E-state index >= 15 is 0 Å². The summed E-state index contributed by atoms with van der Waals surface area (Å²) in [6.07, 6.45) is 0.0296. The molecule has 1 fully saturated rings. The van der Waals surface area contributed by atoms with Crippen LogP contribution in [-0.2, 0) is 20.8 Å². The molecule has 1 aromatic carbocycles. The molecule has 0 saturated carbocycles. The highest BCUT2D eigenvalue weighted by atomic mass is 19.1. The lowest BCUT2D eigenvalue weighted by Gasteiger charge is -2.32. The summed E-state index contributed by atoms with van der Waals surface area (Å²) in [7, 11) is 1.35. The fourth-order valence-corrected chi connectivity index (χ4v) is 2.33. The number of hydrogen-bond acceptors (Lipinski definition) is 5. The Morgan fingerprint density at radius 1 is 1.62 bits per heavy atom. The van der Waals surface area contributed by atoms with Gasteiger partial charge in [0.25, 0.3) is 0 Å². The number of rotatable bonds is 4. The lowest BCUT2D eigenvalue weighted by atomic mass is 10.1. The summed E-state index contributed by atoms with van der Waals surface area (Å²) in [5.41, 5.74) is 0.915. The average Bonchev–Trinajstić information content (AvgIpc) is 2.49. The Balaban J connectivity index is 1.96. The van der Waals surface area contributed by atoms with E-state index in [1.807, 2.05) is 6.07 Å². The van der Waals surface area contributed by atoms with Crippen LogP contribution >= 0.6 is 0 Å². The Bertz CT molecular complexity index is 556. The maximum absolute atomic E-state index is 13.3. The van der Waals surface area contributed by atoms with Gasteiger partial charge in [-0.05, 0) is 17.7 Å². The van der Waals surface area contributed by atoms with E-state index in [1.54, 1.807) is 12.1 Å². The van der Waals surface area contributed by atoms with Gasteiger partial charge in [-0.3, -0.25) is 9.69 Å². The first-order chi connectivity index (χ1) is 10.1. The van der Waals surface area contributed by atoms with Crippen LogP contribution in [0.2, 0.25) is 0 Å². The number of hydrogen-bond donors (Lipinski definition) is 0. The van der Waals surface area contributed by atoms with Crippen LogP contribution in [0.5, 0.6) is 0 Å². The molecule has 1 aliphatic heterocycles. The fourth-order valence-electron chi connectivity index (χ4n) is 2.33. The van der Waals surface area contributed by atoms with Crippen molar-refractivity contribution in [1.29, 1.82) is 5.26 Å². The van der Waals surface area contributed by atoms with Crippen LogP contribution < -0.4 is 0 Å². The Morgan fingerprint density at radius 3 is 3.14 bits per heavy atom. The number of nitrogens with zero attached hydrogens (tertiary/aromatic N) is 2. The highest BCUT2D eigenvalue weighted by Crippen LogP contribution is 2.15. The number of carbonyl (C=O) groups is 1. The second-order valence-electron chi connectivity index (χ2n) is 4.93. The van der Waals surface area contributed by atoms with Gasteiger partial charge in [0.05, 0.1) is 31.8 Å². The van der Waals surface area contributed by atoms with E-state index in [4.69, 9.17) is 10.00 Å². The van der Waals surface area contributed by atoms with Gasteiger partial charge in [0, 0.05) is 19.6 Å². The minimum atomic E-state index is -0.508. The predicted molar refractivity (Wildman–Crippen MR) is 72.8 cm³/mol. The number of esters is 1. The minimum Gasteiger partial charge on any atom is -0.469 e. The summed E-state index contributed by atoms with van der Waals surface area (Å²) >= 11 is 0. The summed E-state index contributed by atoms with van der Waals surface area (Å²) in [6, 6.07) is 6.37. The Hall–Kier alpha value is -1.97. The average molecular weight is 292 g/mol. The molecule has 1 heterocycles. The molecule has 1 unspecified atom stereocenters. The lowest BCUT2D eigenvalue weighted by Crippen LogP contribution is -2.42. The van der Waals surface area contributed by atoms with E-state index in [0.29, 0.717) is 19.7 Å². The van der Waals surface area contributed by atoms with Crippen molar-refractivity contribution >= 4 is 5.97 Å². The molecule has 1 atom stereocenters. The summed E-state index contributed by atoms with van der Waals surface area (Å²) in [4.78, 5) is 13.4. The van der Waals surface area contributed by atoms with Crippen LogP contribution in [0.3, 0.4) is 0 Å². The number of carbonyl (C=O) groups excluding carboxylic acids is 1. The normalized spacial score (nSPS) is 19.0. The zero-order valence-corrected chi connectivity index (χ0v) is 11.8. The second-order valence-corrected chi connectivity index (χ2v) is 4.93. The van der Waals surface area contributed by atoms with Gasteiger partial charge < -0.3 is 9.47 Å². The first-order valence-corrected chi connectivity index (χ1v) is 6.71. The van der Waals surface area contributed by atoms with Crippen molar-refractivity contribution in [2.24, 2.45) is 0 Å². The first kappa shape index (κ1) is 15.4. The van der Waals surface area contributed by atoms with Crippen molar-refractivity contribution in [3.8, 4) is 6.07 Å². The van der Waals surface area contributed by atoms with Gasteiger partial charge in [0.1, 0.15) is 11.9 Å². The number of methoxy groups -OCH3 is 1. The van der Waals surface area contributed by atoms with E-state index in [9.17, 15) is 9.18 Å². The molecule has 0 N–H and O–H groups in total. The number of benzene rings is 1. The van der Waals surface area contributed by atoms with E-state index in [-0.39, 0.29) is 24.1 Å². The summed E-state index contributed by atoms with van der Waals surface area (Å²) in [6.45, 7) is 2.47. The molecule has 5 nitrogen and oxygen atoms in total. The first-order valence-electron chi connectivity index (χ1n) is 6.71. The van der Waals surface area contributed by atoms with Gasteiger partial charge in [-0.1, -0.05) is 6.07 Å². The molecule has 1 saturated heterocycles. The zero-order valence-electron chi connectivity index (χ0n) is 11.8. The molecule has 1 aromatic rings. The van der Waals surface area contributed by atoms with Crippen LogP contribution in [0.1, 0.15) is 17.5 Å². The molecule has 6 heteroatoms. The SMILES string of the molecule is COC(=O)CC1CN(Cc2ccc(F)c(C#N)c2)CCO1. The van der Waals surface area contributed by atoms with Crippen molar-refractivity contribution in [2.45, 2.75) is 19.1 Å². The highest BCUT2D eigenvalue weighted by molar-refractivity contribution is 5.69. The molecular weight excluding hydrogens is 275 g/mol. The standard InChI is InChI=1S/C15H17FN2O3/c1-20-15(19)7-13-10-18(4-5-21-13)9-11-2-3-14(16)12(6-11)8-17/h2-3,6,13H,4-5,7,9-10H2,1H3. The molecule has 0 aromatic heterocycles. The summed E-state index contributed by atoms with van der Waals surface area (Å²) in [5.74, 6) is -0.804. The number of ether oxygens (including phenoxy) is 2. The Morgan fingerprint density at radius 2 is 2.43 bits per heavy atom. The van der Waals surface area contributed by atoms with Crippen molar-refractivity contribution in [3.05, 3.63) is 35.1 Å². The Labute approximate surface area is 122 Å². The third-order valence-electron chi connectivity index (χ3n) is 3.40. The quantitative estimate of drug-likeness (QED) is 0.786. The second kappa shape index (κ2) is 7.16. The van der Waals surface area contributed by atoms with E-state index in [1.165, 1.54) is 13.2 Å². The van der Waals surface area contributed by atoms with Crippen LogP contribution in [0.25, 0.3) is 0 Å². The molecule has 0 aliphatic carbocycles. The van der Waals surface area contributed by atoms with Crippen LogP contribution in [0.15, 0.2) is 18.2 Å². The predicted octanol–water partition coefficient (Wildman–Crippen LogP) is 1.46. The molecular formula is C15H17FN2O3. The number of halogens is 1. The van der Waals surface area contributed by atoms with Crippen molar-refractivity contribution in [3.63, 3.8) is 0 Å². The van der Waals surface area contributed by atoms with Gasteiger partial charge in [-0.25, -0.2) is 4.39 Å². The van der Waals surface area contributed by atoms with Crippen molar-refractivity contribution in [1.82, 2.24) is 4.90 Å². The van der Waals surface area contributed by atoms with E-state index in [2.05, 4.69) is 9.64 Å². The third kappa shape index (κ3) is 4.25. The monoisotopic (exact) mass is 292 g/mol. The summed E-state index contributed by atoms with van der Waals surface area (Å²) in [5, 5.41) is 8.84. The largest absolute Gasteiger partial charge is 0.469 e. The van der Waals surface area contributed by atoms with Crippen molar-refractivity contribution < 1.29 is 18.7 Å². The fraction of sp³-hybridized carbons (Fsp3) is 0.467. The molecule has 0 radical (unpaired) electrons. The highest BCUT2D eigenvalue weighted by Gasteiger charge is 2.23. The Kier molecular flexibility index (Phi) is 5.26. The maximum Gasteiger partial charge on any atom is 0.308 e. The van der Waals surface area contributed by atoms with E-state index in [0.717, 1.165) is 12.1 Å². The third-order valence-corrected chi connectivity index (χ3v) is 3.40. The lowest BCUT2D eigenvalue weighted by molar-refractivity contribution is -0.145. The summed E-state index contributed by atoms with van der Waals surface area (Å²) < 4.78 is 23.4. The molecule has 112 valence electrons. The van der Waals surface area contributed by atoms with Crippen molar-refractivity contribution in [2.75, 3.05) is 26.8 Å². The van der Waals surface area contributed by atoms with Gasteiger partial charge in [0.15, 0.2) is 0 Å². The van der Waals surface area contributed by atoms with E-state index < -0.39 is 5.82 Å². The van der Waals surface area contributed by atoms with Crippen LogP contribution in [-0.4, -0.2) is 43.8 Å². The van der Waals surface area contributed by atoms with Crippen LogP contribution in [0, 0.1) is 17.1 Å². The molecule has 0 spiro atoms. The number of morpholine rings is 1.